The monoisotopic (exact) mass is 278 g/mol. The van der Waals surface area contributed by atoms with Crippen molar-refractivity contribution < 1.29 is 9.52 Å². The Morgan fingerprint density at radius 1 is 1.29 bits per heavy atom. The number of aliphatic hydroxyl groups excluding tert-OH is 1. The van der Waals surface area contributed by atoms with Crippen molar-refractivity contribution in [2.45, 2.75) is 12.8 Å². The highest BCUT2D eigenvalue weighted by Gasteiger charge is 2.42. The van der Waals surface area contributed by atoms with E-state index in [4.69, 9.17) is 4.42 Å². The summed E-state index contributed by atoms with van der Waals surface area (Å²) >= 11 is 0. The first kappa shape index (κ1) is 12.2. The van der Waals surface area contributed by atoms with Crippen molar-refractivity contribution in [3.8, 4) is 0 Å². The van der Waals surface area contributed by atoms with E-state index in [1.165, 1.54) is 0 Å². The lowest BCUT2D eigenvalue weighted by molar-refractivity contribution is 0.260. The Morgan fingerprint density at radius 3 is 2.95 bits per heavy atom. The lowest BCUT2D eigenvalue weighted by Gasteiger charge is -2.37. The quantitative estimate of drug-likeness (QED) is 0.794. The smallest absolute Gasteiger partial charge is 0.197 e. The first-order valence-corrected chi connectivity index (χ1v) is 6.94. The summed E-state index contributed by atoms with van der Waals surface area (Å²) in [4.78, 5) is 12.8. The largest absolute Gasteiger partial charge is 0.511 e. The number of allylic oxidation sites excluding steroid dienone is 4. The number of rotatable bonds is 0. The minimum Gasteiger partial charge on any atom is -0.511 e. The van der Waals surface area contributed by atoms with Crippen molar-refractivity contribution in [2.24, 2.45) is 5.41 Å². The van der Waals surface area contributed by atoms with Gasteiger partial charge in [0.15, 0.2) is 5.43 Å². The molecule has 0 aliphatic heterocycles. The highest BCUT2D eigenvalue weighted by atomic mass is 16.3. The van der Waals surface area contributed by atoms with E-state index in [1.807, 2.05) is 31.2 Å². The molecule has 0 saturated carbocycles. The van der Waals surface area contributed by atoms with Gasteiger partial charge in [0.2, 0.25) is 0 Å². The van der Waals surface area contributed by atoms with Crippen molar-refractivity contribution in [2.75, 3.05) is 0 Å². The molecule has 104 valence electrons. The molecule has 4 rings (SSSR count). The van der Waals surface area contributed by atoms with Gasteiger partial charge < -0.3 is 9.52 Å². The van der Waals surface area contributed by atoms with Gasteiger partial charge in [0.05, 0.1) is 16.4 Å². The lowest BCUT2D eigenvalue weighted by Crippen LogP contribution is -2.33. The van der Waals surface area contributed by atoms with Crippen LogP contribution in [-0.4, -0.2) is 5.11 Å². The lowest BCUT2D eigenvalue weighted by atomic mass is 9.67. The second-order valence-corrected chi connectivity index (χ2v) is 5.74. The predicted octanol–water partition coefficient (Wildman–Crippen LogP) is 3.92. The number of hydrogen-bond acceptors (Lipinski definition) is 3. The van der Waals surface area contributed by atoms with E-state index in [0.29, 0.717) is 22.3 Å². The van der Waals surface area contributed by atoms with Crippen LogP contribution in [0.5, 0.6) is 0 Å². The average Bonchev–Trinajstić information content (AvgIpc) is 2.49. The van der Waals surface area contributed by atoms with Crippen LogP contribution in [0.4, 0.5) is 0 Å². The summed E-state index contributed by atoms with van der Waals surface area (Å²) in [6.45, 7) is 1.93. The maximum absolute atomic E-state index is 12.8. The molecule has 0 bridgehead atoms. The molecule has 2 atom stereocenters. The summed E-state index contributed by atoms with van der Waals surface area (Å²) in [7, 11) is 0. The maximum atomic E-state index is 12.8. The van der Waals surface area contributed by atoms with Crippen LogP contribution in [-0.2, 0) is 0 Å². The number of fused-ring (bicyclic) bond motifs is 4. The normalized spacial score (nSPS) is 26.3. The first-order valence-electron chi connectivity index (χ1n) is 6.94. The van der Waals surface area contributed by atoms with Gasteiger partial charge in [-0.2, -0.15) is 0 Å². The number of aliphatic hydroxyl groups is 1. The Hall–Kier alpha value is -2.55. The van der Waals surface area contributed by atoms with Crippen LogP contribution in [0.25, 0.3) is 17.0 Å². The fourth-order valence-corrected chi connectivity index (χ4v) is 3.22. The summed E-state index contributed by atoms with van der Waals surface area (Å²) in [5.74, 6) is 0.647. The standard InChI is InChI=1S/C18H14O3/c1-18-10-9-14-16(12(18)6-4-8-15(18)19)17(20)11-5-2-3-7-13(11)21-14/h2-10,12,19H,1H3. The zero-order valence-corrected chi connectivity index (χ0v) is 11.5. The second-order valence-electron chi connectivity index (χ2n) is 5.74. The van der Waals surface area contributed by atoms with Crippen LogP contribution in [0.1, 0.15) is 24.2 Å². The highest BCUT2D eigenvalue weighted by Crippen LogP contribution is 2.48. The van der Waals surface area contributed by atoms with Crippen molar-refractivity contribution in [3.63, 3.8) is 0 Å². The van der Waals surface area contributed by atoms with E-state index in [0.717, 1.165) is 0 Å². The number of hydrogen-bond donors (Lipinski definition) is 1. The van der Waals surface area contributed by atoms with Gasteiger partial charge in [-0.3, -0.25) is 4.79 Å². The van der Waals surface area contributed by atoms with E-state index < -0.39 is 5.41 Å². The number of para-hydroxylation sites is 1. The highest BCUT2D eigenvalue weighted by molar-refractivity contribution is 5.79. The zero-order chi connectivity index (χ0) is 14.6. The van der Waals surface area contributed by atoms with Gasteiger partial charge in [0.25, 0.3) is 0 Å². The first-order chi connectivity index (χ1) is 10.1. The fraction of sp³-hybridized carbons (Fsp3) is 0.167. The minimum absolute atomic E-state index is 0.0215. The van der Waals surface area contributed by atoms with Gasteiger partial charge in [-0.15, -0.1) is 0 Å². The fourth-order valence-electron chi connectivity index (χ4n) is 3.22. The number of benzene rings is 1. The molecule has 1 N–H and O–H groups in total. The van der Waals surface area contributed by atoms with E-state index in [1.54, 1.807) is 30.4 Å². The van der Waals surface area contributed by atoms with Gasteiger partial charge in [-0.05, 0) is 31.2 Å². The molecule has 2 aliphatic rings. The Bertz CT molecular complexity index is 898. The summed E-state index contributed by atoms with van der Waals surface area (Å²) in [6.07, 6.45) is 9.12. The summed E-state index contributed by atoms with van der Waals surface area (Å²) in [6, 6.07) is 7.26. The molecule has 3 heteroatoms. The molecule has 2 aromatic rings. The van der Waals surface area contributed by atoms with Crippen molar-refractivity contribution in [1.29, 1.82) is 0 Å². The minimum atomic E-state index is -0.584. The van der Waals surface area contributed by atoms with Crippen molar-refractivity contribution in [1.82, 2.24) is 0 Å². The molecule has 0 spiro atoms. The Kier molecular flexibility index (Phi) is 2.31. The second kappa shape index (κ2) is 3.98. The SMILES string of the molecule is CC12C=Cc3oc4ccccc4c(=O)c3C1C=CC=C2O. The van der Waals surface area contributed by atoms with E-state index in [-0.39, 0.29) is 17.1 Å². The van der Waals surface area contributed by atoms with Crippen LogP contribution in [0.15, 0.2) is 63.5 Å². The van der Waals surface area contributed by atoms with Crippen LogP contribution < -0.4 is 5.43 Å². The molecule has 2 aliphatic carbocycles. The van der Waals surface area contributed by atoms with Crippen molar-refractivity contribution in [3.05, 3.63) is 75.9 Å². The van der Waals surface area contributed by atoms with Gasteiger partial charge in [0, 0.05) is 5.92 Å². The van der Waals surface area contributed by atoms with Crippen molar-refractivity contribution >= 4 is 17.0 Å². The summed E-state index contributed by atoms with van der Waals surface area (Å²) in [5, 5.41) is 10.8. The summed E-state index contributed by atoms with van der Waals surface area (Å²) < 4.78 is 5.87. The molecule has 0 amide bonds. The molecule has 0 fully saturated rings. The predicted molar refractivity (Wildman–Crippen MR) is 82.2 cm³/mol. The molecule has 0 saturated heterocycles. The van der Waals surface area contributed by atoms with Crippen LogP contribution in [0.3, 0.4) is 0 Å². The van der Waals surface area contributed by atoms with Gasteiger partial charge in [0.1, 0.15) is 17.1 Å². The van der Waals surface area contributed by atoms with E-state index in [2.05, 4.69) is 0 Å². The Morgan fingerprint density at radius 2 is 2.10 bits per heavy atom. The van der Waals surface area contributed by atoms with Crippen LogP contribution in [0.2, 0.25) is 0 Å². The molecule has 21 heavy (non-hydrogen) atoms. The van der Waals surface area contributed by atoms with Gasteiger partial charge in [-0.1, -0.05) is 30.4 Å². The molecule has 0 radical (unpaired) electrons. The molecule has 1 aromatic heterocycles. The van der Waals surface area contributed by atoms with Crippen LogP contribution in [0, 0.1) is 5.41 Å². The molecule has 1 aromatic carbocycles. The average molecular weight is 278 g/mol. The molecule has 3 nitrogen and oxygen atoms in total. The molecule has 1 heterocycles. The van der Waals surface area contributed by atoms with E-state index in [9.17, 15) is 9.90 Å². The topological polar surface area (TPSA) is 50.4 Å². The third kappa shape index (κ3) is 1.51. The third-order valence-electron chi connectivity index (χ3n) is 4.51. The van der Waals surface area contributed by atoms with E-state index >= 15 is 0 Å². The Labute approximate surface area is 121 Å². The maximum Gasteiger partial charge on any atom is 0.197 e. The summed E-state index contributed by atoms with van der Waals surface area (Å²) in [5.41, 5.74) is 0.606. The van der Waals surface area contributed by atoms with Gasteiger partial charge >= 0.3 is 0 Å². The molecule has 2 unspecified atom stereocenters. The molecular formula is C18H14O3. The third-order valence-corrected chi connectivity index (χ3v) is 4.51. The van der Waals surface area contributed by atoms with Crippen LogP contribution >= 0.6 is 0 Å². The zero-order valence-electron chi connectivity index (χ0n) is 11.5. The Balaban J connectivity index is 2.08. The van der Waals surface area contributed by atoms with Gasteiger partial charge in [-0.25, -0.2) is 0 Å². The molecular weight excluding hydrogens is 264 g/mol.